The van der Waals surface area contributed by atoms with Crippen LogP contribution in [0.25, 0.3) is 0 Å². The second-order valence-electron chi connectivity index (χ2n) is 7.25. The lowest BCUT2D eigenvalue weighted by Gasteiger charge is -2.51. The minimum atomic E-state index is -0.837. The molecule has 0 radical (unpaired) electrons. The molecule has 2 aromatic carbocycles. The summed E-state index contributed by atoms with van der Waals surface area (Å²) in [7, 11) is 0. The second kappa shape index (κ2) is 8.49. The second-order valence-corrected chi connectivity index (χ2v) is 7.25. The molecule has 0 aromatic heterocycles. The molecular weight excluding hydrogens is 338 g/mol. The highest BCUT2D eigenvalue weighted by Crippen LogP contribution is 2.41. The Bertz CT molecular complexity index is 733. The maximum Gasteiger partial charge on any atom is 0.232 e. The van der Waals surface area contributed by atoms with Gasteiger partial charge in [0.1, 0.15) is 6.04 Å². The summed E-state index contributed by atoms with van der Waals surface area (Å²) in [6.45, 7) is 3.64. The predicted octanol–water partition coefficient (Wildman–Crippen LogP) is 3.74. The number of unbranched alkanes of at least 4 members (excludes halogenated alkanes) is 1. The summed E-state index contributed by atoms with van der Waals surface area (Å²) >= 11 is 0. The van der Waals surface area contributed by atoms with E-state index in [4.69, 9.17) is 0 Å². The topological polar surface area (TPSA) is 57.6 Å². The van der Waals surface area contributed by atoms with Crippen molar-refractivity contribution in [3.8, 4) is 0 Å². The Kier molecular flexibility index (Phi) is 6.07. The lowest BCUT2D eigenvalue weighted by Crippen LogP contribution is -2.68. The zero-order valence-electron chi connectivity index (χ0n) is 15.9. The van der Waals surface area contributed by atoms with Crippen LogP contribution in [0.3, 0.4) is 0 Å². The van der Waals surface area contributed by atoms with Gasteiger partial charge in [0.05, 0.1) is 18.1 Å². The lowest BCUT2D eigenvalue weighted by atomic mass is 9.76. The van der Waals surface area contributed by atoms with Crippen molar-refractivity contribution in [1.29, 1.82) is 0 Å². The van der Waals surface area contributed by atoms with Crippen LogP contribution in [-0.2, 0) is 9.59 Å². The molecule has 2 aromatic rings. The molecule has 1 aliphatic heterocycles. The Morgan fingerprint density at radius 1 is 1.04 bits per heavy atom. The molecule has 142 valence electrons. The predicted molar refractivity (Wildman–Crippen MR) is 105 cm³/mol. The molecule has 1 amide bonds. The molecule has 4 nitrogen and oxygen atoms in total. The number of aliphatic hydroxyl groups is 1. The number of rotatable bonds is 8. The standard InChI is InChI=1S/C23H27NO3/c1-3-4-15-19(26)22-20(16(2)25)23(27)24(22)21(17-11-7-5-8-12-17)18-13-9-6-10-14-18/h5-14,16,20-22,25H,3-4,15H2,1-2H3/t16-,20-,22?/m1/s1. The van der Waals surface area contributed by atoms with Crippen molar-refractivity contribution in [1.82, 2.24) is 4.90 Å². The van der Waals surface area contributed by atoms with Gasteiger partial charge < -0.3 is 10.0 Å². The molecule has 3 atom stereocenters. The number of likely N-dealkylation sites (tertiary alicyclic amines) is 1. The number of nitrogens with zero attached hydrogens (tertiary/aromatic N) is 1. The number of ketones is 1. The first-order valence-electron chi connectivity index (χ1n) is 9.69. The lowest BCUT2D eigenvalue weighted by molar-refractivity contribution is -0.172. The molecule has 0 bridgehead atoms. The van der Waals surface area contributed by atoms with Crippen molar-refractivity contribution < 1.29 is 14.7 Å². The van der Waals surface area contributed by atoms with Crippen LogP contribution in [-0.4, -0.2) is 33.8 Å². The number of benzene rings is 2. The number of carbonyl (C=O) groups excluding carboxylic acids is 2. The van der Waals surface area contributed by atoms with Gasteiger partial charge >= 0.3 is 0 Å². The molecule has 1 heterocycles. The van der Waals surface area contributed by atoms with Crippen molar-refractivity contribution in [2.24, 2.45) is 5.92 Å². The number of Topliss-reactive ketones (excluding diaryl/α,β-unsaturated/α-hetero) is 1. The molecular formula is C23H27NO3. The van der Waals surface area contributed by atoms with Crippen molar-refractivity contribution in [3.05, 3.63) is 71.8 Å². The van der Waals surface area contributed by atoms with Crippen LogP contribution < -0.4 is 0 Å². The number of amides is 1. The minimum absolute atomic E-state index is 0.0409. The number of β-lactam (4-membered cyclic amide) rings is 1. The molecule has 0 spiro atoms. The van der Waals surface area contributed by atoms with Gasteiger partial charge in [-0.15, -0.1) is 0 Å². The zero-order valence-corrected chi connectivity index (χ0v) is 15.9. The van der Waals surface area contributed by atoms with Crippen LogP contribution in [0.2, 0.25) is 0 Å². The van der Waals surface area contributed by atoms with Gasteiger partial charge in [0.2, 0.25) is 5.91 Å². The average molecular weight is 365 g/mol. The Hall–Kier alpha value is -2.46. The van der Waals surface area contributed by atoms with E-state index in [1.54, 1.807) is 11.8 Å². The summed E-state index contributed by atoms with van der Waals surface area (Å²) in [5, 5.41) is 10.1. The third kappa shape index (κ3) is 3.81. The third-order valence-electron chi connectivity index (χ3n) is 5.31. The van der Waals surface area contributed by atoms with E-state index in [1.165, 1.54) is 0 Å². The summed E-state index contributed by atoms with van der Waals surface area (Å²) in [5.74, 6) is -0.763. The maximum absolute atomic E-state index is 13.0. The first-order valence-corrected chi connectivity index (χ1v) is 9.69. The SMILES string of the molecule is CCCCC(=O)C1[C@@H]([C@@H](C)O)C(=O)N1C(c1ccccc1)c1ccccc1. The van der Waals surface area contributed by atoms with E-state index in [-0.39, 0.29) is 17.7 Å². The molecule has 1 unspecified atom stereocenters. The van der Waals surface area contributed by atoms with Crippen molar-refractivity contribution in [2.75, 3.05) is 0 Å². The summed E-state index contributed by atoms with van der Waals surface area (Å²) in [6.07, 6.45) is 1.32. The molecule has 4 heteroatoms. The smallest absolute Gasteiger partial charge is 0.232 e. The highest BCUT2D eigenvalue weighted by atomic mass is 16.3. The first kappa shape index (κ1) is 19.3. The number of carbonyl (C=O) groups is 2. The molecule has 3 rings (SSSR count). The van der Waals surface area contributed by atoms with E-state index in [0.29, 0.717) is 6.42 Å². The van der Waals surface area contributed by atoms with Crippen LogP contribution in [0.15, 0.2) is 60.7 Å². The summed E-state index contributed by atoms with van der Waals surface area (Å²) in [4.78, 5) is 27.6. The molecule has 27 heavy (non-hydrogen) atoms. The van der Waals surface area contributed by atoms with Crippen molar-refractivity contribution in [2.45, 2.75) is 51.3 Å². The highest BCUT2D eigenvalue weighted by Gasteiger charge is 2.55. The average Bonchev–Trinajstić information content (AvgIpc) is 2.68. The van der Waals surface area contributed by atoms with E-state index in [1.807, 2.05) is 67.6 Å². The fourth-order valence-corrected chi connectivity index (χ4v) is 3.93. The molecule has 1 saturated heterocycles. The van der Waals surface area contributed by atoms with Gasteiger partial charge in [0.15, 0.2) is 5.78 Å². The maximum atomic E-state index is 13.0. The van der Waals surface area contributed by atoms with Gasteiger partial charge in [0.25, 0.3) is 0 Å². The molecule has 0 aliphatic carbocycles. The van der Waals surface area contributed by atoms with Crippen LogP contribution in [0.5, 0.6) is 0 Å². The van der Waals surface area contributed by atoms with Crippen molar-refractivity contribution in [3.63, 3.8) is 0 Å². The number of hydrogen-bond acceptors (Lipinski definition) is 3. The van der Waals surface area contributed by atoms with Gasteiger partial charge in [-0.2, -0.15) is 0 Å². The van der Waals surface area contributed by atoms with Gasteiger partial charge in [-0.05, 0) is 24.5 Å². The van der Waals surface area contributed by atoms with E-state index in [2.05, 4.69) is 0 Å². The van der Waals surface area contributed by atoms with Crippen LogP contribution in [0, 0.1) is 5.92 Å². The molecule has 0 saturated carbocycles. The van der Waals surface area contributed by atoms with Crippen LogP contribution >= 0.6 is 0 Å². The largest absolute Gasteiger partial charge is 0.392 e. The van der Waals surface area contributed by atoms with Gasteiger partial charge in [0, 0.05) is 6.42 Å². The highest BCUT2D eigenvalue weighted by molar-refractivity contribution is 6.01. The summed E-state index contributed by atoms with van der Waals surface area (Å²) < 4.78 is 0. The van der Waals surface area contributed by atoms with Gasteiger partial charge in [-0.3, -0.25) is 9.59 Å². The Morgan fingerprint density at radius 2 is 1.56 bits per heavy atom. The zero-order chi connectivity index (χ0) is 19.4. The summed E-state index contributed by atoms with van der Waals surface area (Å²) in [5.41, 5.74) is 1.93. The van der Waals surface area contributed by atoms with E-state index < -0.39 is 18.1 Å². The number of aliphatic hydroxyl groups excluding tert-OH is 1. The molecule has 1 N–H and O–H groups in total. The monoisotopic (exact) mass is 365 g/mol. The van der Waals surface area contributed by atoms with E-state index in [0.717, 1.165) is 24.0 Å². The van der Waals surface area contributed by atoms with Crippen molar-refractivity contribution >= 4 is 11.7 Å². The molecule has 1 fully saturated rings. The third-order valence-corrected chi connectivity index (χ3v) is 5.31. The fourth-order valence-electron chi connectivity index (χ4n) is 3.93. The quantitative estimate of drug-likeness (QED) is 0.725. The fraction of sp³-hybridized carbons (Fsp3) is 0.391. The summed E-state index contributed by atoms with van der Waals surface area (Å²) in [6, 6.07) is 18.7. The van der Waals surface area contributed by atoms with E-state index >= 15 is 0 Å². The molecule has 1 aliphatic rings. The van der Waals surface area contributed by atoms with Crippen LogP contribution in [0.4, 0.5) is 0 Å². The van der Waals surface area contributed by atoms with Gasteiger partial charge in [-0.25, -0.2) is 0 Å². The Balaban J connectivity index is 2.01. The van der Waals surface area contributed by atoms with Crippen LogP contribution in [0.1, 0.15) is 50.3 Å². The first-order chi connectivity index (χ1) is 13.1. The Labute approximate surface area is 160 Å². The van der Waals surface area contributed by atoms with E-state index in [9.17, 15) is 14.7 Å². The Morgan fingerprint density at radius 3 is 2.00 bits per heavy atom. The number of hydrogen-bond donors (Lipinski definition) is 1. The normalized spacial score (nSPS) is 20.4. The van der Waals surface area contributed by atoms with Gasteiger partial charge in [-0.1, -0.05) is 74.0 Å². The minimum Gasteiger partial charge on any atom is -0.392 e.